The fraction of sp³-hybridized carbons (Fsp3) is 0.533. The molecule has 0 saturated carbocycles. The zero-order valence-corrected chi connectivity index (χ0v) is 11.5. The van der Waals surface area contributed by atoms with Crippen molar-refractivity contribution in [2.75, 3.05) is 27.2 Å². The Kier molecular flexibility index (Phi) is 3.71. The molecule has 0 radical (unpaired) electrons. The van der Waals surface area contributed by atoms with Crippen LogP contribution in [0.15, 0.2) is 30.3 Å². The minimum atomic E-state index is -0.210. The SMILES string of the molecule is CN(C)C(=O)C1(C)CCN(Cc2ccccc2)C1. The lowest BCUT2D eigenvalue weighted by Crippen LogP contribution is -2.40. The van der Waals surface area contributed by atoms with Crippen LogP contribution in [0.2, 0.25) is 0 Å². The van der Waals surface area contributed by atoms with E-state index < -0.39 is 0 Å². The molecule has 1 aromatic carbocycles. The third-order valence-electron chi connectivity index (χ3n) is 3.72. The first kappa shape index (κ1) is 13.1. The maximum atomic E-state index is 12.2. The molecule has 3 nitrogen and oxygen atoms in total. The summed E-state index contributed by atoms with van der Waals surface area (Å²) >= 11 is 0. The van der Waals surface area contributed by atoms with E-state index in [2.05, 4.69) is 36.1 Å². The molecule has 1 atom stereocenters. The van der Waals surface area contributed by atoms with E-state index in [9.17, 15) is 4.79 Å². The fourth-order valence-electron chi connectivity index (χ4n) is 2.75. The van der Waals surface area contributed by atoms with Crippen molar-refractivity contribution in [2.45, 2.75) is 19.9 Å². The summed E-state index contributed by atoms with van der Waals surface area (Å²) in [4.78, 5) is 16.3. The summed E-state index contributed by atoms with van der Waals surface area (Å²) in [5.74, 6) is 0.248. The minimum Gasteiger partial charge on any atom is -0.348 e. The number of nitrogens with zero attached hydrogens (tertiary/aromatic N) is 2. The number of benzene rings is 1. The van der Waals surface area contributed by atoms with Gasteiger partial charge in [-0.3, -0.25) is 9.69 Å². The third kappa shape index (κ3) is 2.72. The average Bonchev–Trinajstić information content (AvgIpc) is 2.72. The predicted octanol–water partition coefficient (Wildman–Crippen LogP) is 1.99. The van der Waals surface area contributed by atoms with Crippen LogP contribution in [-0.4, -0.2) is 42.9 Å². The minimum absolute atomic E-state index is 0.210. The topological polar surface area (TPSA) is 23.6 Å². The second-order valence-corrected chi connectivity index (χ2v) is 5.71. The number of carbonyl (C=O) groups excluding carboxylic acids is 1. The monoisotopic (exact) mass is 246 g/mol. The van der Waals surface area contributed by atoms with Crippen molar-refractivity contribution < 1.29 is 4.79 Å². The van der Waals surface area contributed by atoms with Gasteiger partial charge in [0.25, 0.3) is 0 Å². The molecule has 1 aliphatic rings. The van der Waals surface area contributed by atoms with Crippen LogP contribution in [0.25, 0.3) is 0 Å². The summed E-state index contributed by atoms with van der Waals surface area (Å²) in [6.45, 7) is 4.89. The van der Waals surface area contributed by atoms with E-state index in [4.69, 9.17) is 0 Å². The van der Waals surface area contributed by atoms with Crippen molar-refractivity contribution in [2.24, 2.45) is 5.41 Å². The van der Waals surface area contributed by atoms with Crippen LogP contribution >= 0.6 is 0 Å². The Balaban J connectivity index is 1.98. The number of hydrogen-bond acceptors (Lipinski definition) is 2. The molecule has 1 heterocycles. The largest absolute Gasteiger partial charge is 0.348 e. The first-order valence-electron chi connectivity index (χ1n) is 6.49. The first-order valence-corrected chi connectivity index (χ1v) is 6.49. The highest BCUT2D eigenvalue weighted by molar-refractivity contribution is 5.82. The molecule has 0 N–H and O–H groups in total. The standard InChI is InChI=1S/C15H22N2O/c1-15(14(18)16(2)3)9-10-17(12-15)11-13-7-5-4-6-8-13/h4-8H,9-12H2,1-3H3. The molecule has 1 unspecified atom stereocenters. The van der Waals surface area contributed by atoms with Gasteiger partial charge in [0.2, 0.25) is 5.91 Å². The van der Waals surface area contributed by atoms with Crippen LogP contribution in [0, 0.1) is 5.41 Å². The van der Waals surface area contributed by atoms with E-state index in [1.54, 1.807) is 4.90 Å². The van der Waals surface area contributed by atoms with Crippen molar-refractivity contribution in [1.29, 1.82) is 0 Å². The Morgan fingerprint density at radius 3 is 2.61 bits per heavy atom. The molecule has 1 aliphatic heterocycles. The first-order chi connectivity index (χ1) is 8.51. The second kappa shape index (κ2) is 5.11. The summed E-state index contributed by atoms with van der Waals surface area (Å²) in [5, 5.41) is 0. The lowest BCUT2D eigenvalue weighted by Gasteiger charge is -2.27. The molecule has 0 bridgehead atoms. The average molecular weight is 246 g/mol. The van der Waals surface area contributed by atoms with Gasteiger partial charge < -0.3 is 4.90 Å². The maximum Gasteiger partial charge on any atom is 0.229 e. The van der Waals surface area contributed by atoms with Crippen LogP contribution in [0.3, 0.4) is 0 Å². The van der Waals surface area contributed by atoms with Gasteiger partial charge in [-0.1, -0.05) is 30.3 Å². The maximum absolute atomic E-state index is 12.2. The summed E-state index contributed by atoms with van der Waals surface area (Å²) in [5.41, 5.74) is 1.11. The van der Waals surface area contributed by atoms with Gasteiger partial charge in [0, 0.05) is 27.2 Å². The summed E-state index contributed by atoms with van der Waals surface area (Å²) in [6.07, 6.45) is 0.955. The molecule has 3 heteroatoms. The van der Waals surface area contributed by atoms with Gasteiger partial charge in [-0.2, -0.15) is 0 Å². The van der Waals surface area contributed by atoms with Crippen molar-refractivity contribution in [3.05, 3.63) is 35.9 Å². The second-order valence-electron chi connectivity index (χ2n) is 5.71. The molecular formula is C15H22N2O. The van der Waals surface area contributed by atoms with Gasteiger partial charge in [0.1, 0.15) is 0 Å². The van der Waals surface area contributed by atoms with Gasteiger partial charge >= 0.3 is 0 Å². The molecule has 1 fully saturated rings. The van der Waals surface area contributed by atoms with Gasteiger partial charge in [-0.05, 0) is 25.5 Å². The summed E-state index contributed by atoms with van der Waals surface area (Å²) in [6, 6.07) is 10.4. The normalized spacial score (nSPS) is 24.2. The third-order valence-corrected chi connectivity index (χ3v) is 3.72. The van der Waals surface area contributed by atoms with Crippen LogP contribution < -0.4 is 0 Å². The molecule has 98 valence electrons. The van der Waals surface area contributed by atoms with E-state index in [0.717, 1.165) is 26.1 Å². The Bertz CT molecular complexity index is 416. The highest BCUT2D eigenvalue weighted by Crippen LogP contribution is 2.32. The van der Waals surface area contributed by atoms with Gasteiger partial charge in [-0.25, -0.2) is 0 Å². The highest BCUT2D eigenvalue weighted by atomic mass is 16.2. The van der Waals surface area contributed by atoms with Crippen LogP contribution in [0.1, 0.15) is 18.9 Å². The van der Waals surface area contributed by atoms with Crippen LogP contribution in [-0.2, 0) is 11.3 Å². The van der Waals surface area contributed by atoms with Gasteiger partial charge in [0.15, 0.2) is 0 Å². The molecule has 1 amide bonds. The van der Waals surface area contributed by atoms with Crippen molar-refractivity contribution in [3.63, 3.8) is 0 Å². The van der Waals surface area contributed by atoms with Crippen molar-refractivity contribution in [1.82, 2.24) is 9.80 Å². The van der Waals surface area contributed by atoms with E-state index >= 15 is 0 Å². The molecule has 0 aliphatic carbocycles. The Labute approximate surface area is 109 Å². The number of likely N-dealkylation sites (tertiary alicyclic amines) is 1. The lowest BCUT2D eigenvalue weighted by molar-refractivity contribution is -0.137. The van der Waals surface area contributed by atoms with E-state index in [1.807, 2.05) is 20.2 Å². The molecule has 0 aromatic heterocycles. The number of rotatable bonds is 3. The van der Waals surface area contributed by atoms with Crippen LogP contribution in [0.5, 0.6) is 0 Å². The lowest BCUT2D eigenvalue weighted by atomic mass is 9.88. The summed E-state index contributed by atoms with van der Waals surface area (Å²) < 4.78 is 0. The molecular weight excluding hydrogens is 224 g/mol. The highest BCUT2D eigenvalue weighted by Gasteiger charge is 2.40. The van der Waals surface area contributed by atoms with Crippen molar-refractivity contribution >= 4 is 5.91 Å². The quantitative estimate of drug-likeness (QED) is 0.814. The molecule has 1 aromatic rings. The van der Waals surface area contributed by atoms with E-state index in [1.165, 1.54) is 5.56 Å². The van der Waals surface area contributed by atoms with Crippen molar-refractivity contribution in [3.8, 4) is 0 Å². The van der Waals surface area contributed by atoms with Gasteiger partial charge in [0.05, 0.1) is 5.41 Å². The molecule has 18 heavy (non-hydrogen) atoms. The van der Waals surface area contributed by atoms with Gasteiger partial charge in [-0.15, -0.1) is 0 Å². The van der Waals surface area contributed by atoms with E-state index in [0.29, 0.717) is 0 Å². The predicted molar refractivity (Wildman–Crippen MR) is 73.1 cm³/mol. The van der Waals surface area contributed by atoms with Crippen LogP contribution in [0.4, 0.5) is 0 Å². The number of carbonyl (C=O) groups is 1. The number of hydrogen-bond donors (Lipinski definition) is 0. The number of amides is 1. The molecule has 1 saturated heterocycles. The molecule has 2 rings (SSSR count). The summed E-state index contributed by atoms with van der Waals surface area (Å²) in [7, 11) is 3.68. The zero-order chi connectivity index (χ0) is 13.2. The smallest absolute Gasteiger partial charge is 0.229 e. The Morgan fingerprint density at radius 1 is 1.33 bits per heavy atom. The Hall–Kier alpha value is -1.35. The fourth-order valence-corrected chi connectivity index (χ4v) is 2.75. The van der Waals surface area contributed by atoms with E-state index in [-0.39, 0.29) is 11.3 Å². The zero-order valence-electron chi connectivity index (χ0n) is 11.5. The molecule has 0 spiro atoms. The Morgan fingerprint density at radius 2 is 2.00 bits per heavy atom.